The topological polar surface area (TPSA) is 38.8 Å². The van der Waals surface area contributed by atoms with Crippen LogP contribution in [0.1, 0.15) is 24.8 Å². The van der Waals surface area contributed by atoms with Gasteiger partial charge in [-0.25, -0.2) is 0 Å². The number of methoxy groups -OCH3 is 1. The van der Waals surface area contributed by atoms with Crippen molar-refractivity contribution in [3.8, 4) is 5.75 Å². The van der Waals surface area contributed by atoms with Gasteiger partial charge in [-0.05, 0) is 37.0 Å². The Bertz CT molecular complexity index is 445. The highest BCUT2D eigenvalue weighted by molar-refractivity contribution is 5.69. The third kappa shape index (κ3) is 3.63. The van der Waals surface area contributed by atoms with E-state index < -0.39 is 0 Å². The van der Waals surface area contributed by atoms with Crippen LogP contribution in [0.4, 0.5) is 5.69 Å². The minimum Gasteiger partial charge on any atom is -0.490 e. The summed E-state index contributed by atoms with van der Waals surface area (Å²) in [5.41, 5.74) is 2.46. The highest BCUT2D eigenvalue weighted by Gasteiger charge is 2.14. The van der Waals surface area contributed by atoms with E-state index in [1.54, 1.807) is 0 Å². The number of esters is 1. The molecule has 1 aliphatic rings. The van der Waals surface area contributed by atoms with Gasteiger partial charge in [-0.1, -0.05) is 6.07 Å². The molecule has 1 aromatic carbocycles. The van der Waals surface area contributed by atoms with E-state index in [4.69, 9.17) is 4.74 Å². The first kappa shape index (κ1) is 13.7. The summed E-state index contributed by atoms with van der Waals surface area (Å²) >= 11 is 0. The van der Waals surface area contributed by atoms with Gasteiger partial charge in [-0.2, -0.15) is 0 Å². The van der Waals surface area contributed by atoms with Crippen LogP contribution in [0, 0.1) is 0 Å². The lowest BCUT2D eigenvalue weighted by atomic mass is 10.1. The molecular weight excluding hydrogens is 242 g/mol. The summed E-state index contributed by atoms with van der Waals surface area (Å²) in [7, 11) is 3.52. The molecule has 1 aliphatic heterocycles. The van der Waals surface area contributed by atoms with Crippen molar-refractivity contribution in [3.05, 3.63) is 23.8 Å². The molecule has 0 radical (unpaired) electrons. The minimum absolute atomic E-state index is 0.126. The summed E-state index contributed by atoms with van der Waals surface area (Å²) in [5.74, 6) is 0.839. The second kappa shape index (κ2) is 6.45. The molecule has 0 unspecified atom stereocenters. The number of likely N-dealkylation sites (N-methyl/N-ethyl adjacent to an activating group) is 1. The molecule has 0 saturated carbocycles. The molecule has 0 bridgehead atoms. The Morgan fingerprint density at radius 1 is 1.42 bits per heavy atom. The summed E-state index contributed by atoms with van der Waals surface area (Å²) in [6.07, 6.45) is 3.36. The predicted octanol–water partition coefficient (Wildman–Crippen LogP) is 2.40. The van der Waals surface area contributed by atoms with Gasteiger partial charge in [0.25, 0.3) is 0 Å². The number of aryl methyl sites for hydroxylation is 1. The lowest BCUT2D eigenvalue weighted by Gasteiger charge is -2.28. The van der Waals surface area contributed by atoms with Crippen LogP contribution in [0.3, 0.4) is 0 Å². The van der Waals surface area contributed by atoms with Gasteiger partial charge in [0, 0.05) is 13.5 Å². The Hall–Kier alpha value is -1.71. The van der Waals surface area contributed by atoms with E-state index in [1.165, 1.54) is 12.7 Å². The van der Waals surface area contributed by atoms with Gasteiger partial charge in [0.2, 0.25) is 0 Å². The van der Waals surface area contributed by atoms with E-state index in [2.05, 4.69) is 28.8 Å². The first-order valence-corrected chi connectivity index (χ1v) is 6.74. The molecule has 0 fully saturated rings. The molecule has 4 nitrogen and oxygen atoms in total. The fourth-order valence-corrected chi connectivity index (χ4v) is 2.25. The van der Waals surface area contributed by atoms with E-state index in [0.29, 0.717) is 6.42 Å². The van der Waals surface area contributed by atoms with Crippen molar-refractivity contribution in [2.75, 3.05) is 32.2 Å². The van der Waals surface area contributed by atoms with Crippen molar-refractivity contribution in [1.82, 2.24) is 0 Å². The average Bonchev–Trinajstić information content (AvgIpc) is 2.44. The van der Waals surface area contributed by atoms with Gasteiger partial charge >= 0.3 is 5.97 Å². The molecule has 104 valence electrons. The maximum atomic E-state index is 11.0. The smallest absolute Gasteiger partial charge is 0.305 e. The van der Waals surface area contributed by atoms with Crippen LogP contribution in [-0.2, 0) is 16.0 Å². The number of fused-ring (bicyclic) bond motifs is 1. The lowest BCUT2D eigenvalue weighted by molar-refractivity contribution is -0.140. The zero-order valence-electron chi connectivity index (χ0n) is 11.6. The predicted molar refractivity (Wildman–Crippen MR) is 74.8 cm³/mol. The van der Waals surface area contributed by atoms with E-state index in [1.807, 2.05) is 6.07 Å². The van der Waals surface area contributed by atoms with E-state index in [-0.39, 0.29) is 5.97 Å². The van der Waals surface area contributed by atoms with Gasteiger partial charge in [-0.3, -0.25) is 4.79 Å². The Morgan fingerprint density at radius 3 is 3.05 bits per heavy atom. The van der Waals surface area contributed by atoms with Crippen LogP contribution in [0.2, 0.25) is 0 Å². The fourth-order valence-electron chi connectivity index (χ4n) is 2.25. The number of ether oxygens (including phenoxy) is 2. The Balaban J connectivity index is 1.88. The third-order valence-corrected chi connectivity index (χ3v) is 3.44. The number of carbonyl (C=O) groups is 1. The summed E-state index contributed by atoms with van der Waals surface area (Å²) < 4.78 is 10.2. The van der Waals surface area contributed by atoms with Gasteiger partial charge in [0.05, 0.1) is 19.3 Å². The normalized spacial score (nSPS) is 13.7. The summed E-state index contributed by atoms with van der Waals surface area (Å²) in [6, 6.07) is 6.34. The van der Waals surface area contributed by atoms with Crippen molar-refractivity contribution in [2.24, 2.45) is 0 Å². The molecule has 2 rings (SSSR count). The number of anilines is 1. The molecule has 0 N–H and O–H groups in total. The average molecular weight is 263 g/mol. The van der Waals surface area contributed by atoms with Crippen molar-refractivity contribution in [1.29, 1.82) is 0 Å². The van der Waals surface area contributed by atoms with Gasteiger partial charge < -0.3 is 14.4 Å². The van der Waals surface area contributed by atoms with E-state index in [0.717, 1.165) is 43.9 Å². The molecule has 0 aromatic heterocycles. The summed E-state index contributed by atoms with van der Waals surface area (Å²) in [5, 5.41) is 0. The summed E-state index contributed by atoms with van der Waals surface area (Å²) in [4.78, 5) is 13.2. The molecule has 0 saturated heterocycles. The molecule has 4 heteroatoms. The first-order valence-electron chi connectivity index (χ1n) is 6.74. The number of carbonyl (C=O) groups excluding carboxylic acids is 1. The van der Waals surface area contributed by atoms with Gasteiger partial charge in [0.1, 0.15) is 12.4 Å². The molecular formula is C15H21NO3. The summed E-state index contributed by atoms with van der Waals surface area (Å²) in [6.45, 7) is 1.68. The number of unbranched alkanes of at least 4 members (excludes halogenated alkanes) is 1. The number of nitrogens with zero attached hydrogens (tertiary/aromatic N) is 1. The quantitative estimate of drug-likeness (QED) is 0.604. The molecule has 0 aliphatic carbocycles. The standard InChI is InChI=1S/C15H21NO3/c1-16-9-10-19-14-8-7-12(11-13(14)16)5-3-4-6-15(17)18-2/h7-8,11H,3-6,9-10H2,1-2H3. The second-order valence-corrected chi connectivity index (χ2v) is 4.86. The highest BCUT2D eigenvalue weighted by atomic mass is 16.5. The number of benzene rings is 1. The van der Waals surface area contributed by atoms with Crippen LogP contribution in [0.25, 0.3) is 0 Å². The van der Waals surface area contributed by atoms with E-state index in [9.17, 15) is 4.79 Å². The van der Waals surface area contributed by atoms with Crippen LogP contribution >= 0.6 is 0 Å². The van der Waals surface area contributed by atoms with Gasteiger partial charge in [-0.15, -0.1) is 0 Å². The molecule has 0 atom stereocenters. The highest BCUT2D eigenvalue weighted by Crippen LogP contribution is 2.31. The zero-order chi connectivity index (χ0) is 13.7. The van der Waals surface area contributed by atoms with Crippen LogP contribution in [0.5, 0.6) is 5.75 Å². The lowest BCUT2D eigenvalue weighted by Crippen LogP contribution is -2.28. The minimum atomic E-state index is -0.126. The Morgan fingerprint density at radius 2 is 2.26 bits per heavy atom. The molecule has 0 spiro atoms. The van der Waals surface area contributed by atoms with Crippen LogP contribution < -0.4 is 9.64 Å². The Labute approximate surface area is 114 Å². The SMILES string of the molecule is COC(=O)CCCCc1ccc2c(c1)N(C)CCO2. The first-order chi connectivity index (χ1) is 9.20. The molecule has 1 aromatic rings. The number of hydrogen-bond acceptors (Lipinski definition) is 4. The Kier molecular flexibility index (Phi) is 4.66. The van der Waals surface area contributed by atoms with Crippen molar-refractivity contribution in [2.45, 2.75) is 25.7 Å². The molecule has 1 heterocycles. The van der Waals surface area contributed by atoms with Gasteiger partial charge in [0.15, 0.2) is 0 Å². The monoisotopic (exact) mass is 263 g/mol. The molecule has 0 amide bonds. The third-order valence-electron chi connectivity index (χ3n) is 3.44. The number of hydrogen-bond donors (Lipinski definition) is 0. The zero-order valence-corrected chi connectivity index (χ0v) is 11.6. The van der Waals surface area contributed by atoms with E-state index >= 15 is 0 Å². The van der Waals surface area contributed by atoms with Crippen LogP contribution in [-0.4, -0.2) is 33.3 Å². The number of rotatable bonds is 5. The van der Waals surface area contributed by atoms with Crippen molar-refractivity contribution < 1.29 is 14.3 Å². The largest absolute Gasteiger partial charge is 0.490 e. The van der Waals surface area contributed by atoms with Crippen molar-refractivity contribution in [3.63, 3.8) is 0 Å². The maximum Gasteiger partial charge on any atom is 0.305 e. The fraction of sp³-hybridized carbons (Fsp3) is 0.533. The van der Waals surface area contributed by atoms with Crippen LogP contribution in [0.15, 0.2) is 18.2 Å². The maximum absolute atomic E-state index is 11.0. The van der Waals surface area contributed by atoms with Crippen molar-refractivity contribution >= 4 is 11.7 Å². The molecule has 19 heavy (non-hydrogen) atoms. The second-order valence-electron chi connectivity index (χ2n) is 4.86.